The Morgan fingerprint density at radius 3 is 2.70 bits per heavy atom. The van der Waals surface area contributed by atoms with Crippen LogP contribution in [0, 0.1) is 5.82 Å². The summed E-state index contributed by atoms with van der Waals surface area (Å²) in [6, 6.07) is 17.6. The average molecular weight is 363 g/mol. The van der Waals surface area contributed by atoms with Crippen LogP contribution in [0.15, 0.2) is 60.8 Å². The molecule has 4 rings (SSSR count). The molecule has 2 aromatic carbocycles. The Hall–Kier alpha value is -2.46. The molecule has 140 valence electrons. The first-order chi connectivity index (χ1) is 13.2. The zero-order chi connectivity index (χ0) is 18.6. The zero-order valence-corrected chi connectivity index (χ0v) is 15.7. The first-order valence-electron chi connectivity index (χ1n) is 9.78. The highest BCUT2D eigenvalue weighted by Gasteiger charge is 2.26. The summed E-state index contributed by atoms with van der Waals surface area (Å²) < 4.78 is 14.3. The fourth-order valence-corrected chi connectivity index (χ4v) is 4.23. The van der Waals surface area contributed by atoms with E-state index in [1.165, 1.54) is 11.6 Å². The van der Waals surface area contributed by atoms with Gasteiger partial charge < -0.3 is 4.90 Å². The molecule has 0 saturated carbocycles. The van der Waals surface area contributed by atoms with Crippen LogP contribution in [0.25, 0.3) is 11.1 Å². The number of H-pyrrole nitrogens is 1. The molecule has 1 fully saturated rings. The molecule has 2 unspecified atom stereocenters. The maximum atomic E-state index is 14.3. The van der Waals surface area contributed by atoms with Crippen LogP contribution >= 0.6 is 0 Å². The van der Waals surface area contributed by atoms with Crippen LogP contribution in [0.3, 0.4) is 0 Å². The molecule has 2 atom stereocenters. The van der Waals surface area contributed by atoms with Crippen molar-refractivity contribution in [2.24, 2.45) is 0 Å². The minimum absolute atomic E-state index is 0.189. The van der Waals surface area contributed by atoms with Gasteiger partial charge in [0.15, 0.2) is 0 Å². The van der Waals surface area contributed by atoms with E-state index in [1.54, 1.807) is 12.3 Å². The average Bonchev–Trinajstić information content (AvgIpc) is 3.19. The predicted octanol–water partition coefficient (Wildman–Crippen LogP) is 5.20. The summed E-state index contributed by atoms with van der Waals surface area (Å²) in [6.07, 6.45) is 4.03. The van der Waals surface area contributed by atoms with Crippen molar-refractivity contribution in [1.82, 2.24) is 15.1 Å². The molecule has 0 radical (unpaired) electrons. The molecule has 0 aliphatic carbocycles. The van der Waals surface area contributed by atoms with Gasteiger partial charge in [0.05, 0.1) is 6.20 Å². The highest BCUT2D eigenvalue weighted by atomic mass is 19.1. The van der Waals surface area contributed by atoms with E-state index in [0.29, 0.717) is 17.4 Å². The summed E-state index contributed by atoms with van der Waals surface area (Å²) in [5.74, 6) is 0.669. The number of hydrogen-bond donors (Lipinski definition) is 1. The Morgan fingerprint density at radius 2 is 1.89 bits per heavy atom. The van der Waals surface area contributed by atoms with Gasteiger partial charge in [-0.1, -0.05) is 55.5 Å². The van der Waals surface area contributed by atoms with E-state index in [2.05, 4.69) is 52.4 Å². The van der Waals surface area contributed by atoms with Crippen LogP contribution < -0.4 is 0 Å². The molecule has 2 heterocycles. The van der Waals surface area contributed by atoms with E-state index >= 15 is 0 Å². The van der Waals surface area contributed by atoms with Crippen molar-refractivity contribution in [3.63, 3.8) is 0 Å². The third-order valence-corrected chi connectivity index (χ3v) is 5.65. The Labute approximate surface area is 160 Å². The third-order valence-electron chi connectivity index (χ3n) is 5.65. The summed E-state index contributed by atoms with van der Waals surface area (Å²) in [5.41, 5.74) is 3.98. The second-order valence-electron chi connectivity index (χ2n) is 7.59. The summed E-state index contributed by atoms with van der Waals surface area (Å²) in [5, 5.41) is 7.40. The standard InChI is InChI=1S/C23H26FN3/c1-17(18-8-3-2-4-9-18)15-27-13-7-10-19(16-27)23-21(14-25-26-23)20-11-5-6-12-22(20)24/h2-6,8-9,11-12,14,17,19H,7,10,13,15-16H2,1H3,(H,25,26). The molecule has 4 heteroatoms. The first kappa shape index (κ1) is 17.9. The van der Waals surface area contributed by atoms with Gasteiger partial charge in [-0.2, -0.15) is 5.10 Å². The van der Waals surface area contributed by atoms with Gasteiger partial charge in [0.25, 0.3) is 0 Å². The highest BCUT2D eigenvalue weighted by molar-refractivity contribution is 5.66. The number of hydrogen-bond acceptors (Lipinski definition) is 2. The molecular formula is C23H26FN3. The molecular weight excluding hydrogens is 337 g/mol. The Kier molecular flexibility index (Phi) is 5.35. The van der Waals surface area contributed by atoms with E-state index in [-0.39, 0.29) is 5.82 Å². The largest absolute Gasteiger partial charge is 0.302 e. The number of nitrogens with one attached hydrogen (secondary N) is 1. The number of piperidine rings is 1. The van der Waals surface area contributed by atoms with E-state index in [4.69, 9.17) is 0 Å². The van der Waals surface area contributed by atoms with Crippen LogP contribution in [-0.2, 0) is 0 Å². The maximum Gasteiger partial charge on any atom is 0.131 e. The number of aromatic nitrogens is 2. The van der Waals surface area contributed by atoms with Gasteiger partial charge in [-0.15, -0.1) is 0 Å². The molecule has 1 aromatic heterocycles. The highest BCUT2D eigenvalue weighted by Crippen LogP contribution is 2.34. The third kappa shape index (κ3) is 3.96. The van der Waals surface area contributed by atoms with E-state index < -0.39 is 0 Å². The van der Waals surface area contributed by atoms with Crippen LogP contribution in [-0.4, -0.2) is 34.7 Å². The lowest BCUT2D eigenvalue weighted by molar-refractivity contribution is 0.197. The number of benzene rings is 2. The zero-order valence-electron chi connectivity index (χ0n) is 15.7. The normalized spacial score (nSPS) is 19.1. The van der Waals surface area contributed by atoms with Crippen LogP contribution in [0.2, 0.25) is 0 Å². The van der Waals surface area contributed by atoms with Gasteiger partial charge in [0.1, 0.15) is 5.82 Å². The molecule has 1 saturated heterocycles. The van der Waals surface area contributed by atoms with Crippen molar-refractivity contribution in [1.29, 1.82) is 0 Å². The number of rotatable bonds is 5. The molecule has 0 bridgehead atoms. The molecule has 1 N–H and O–H groups in total. The van der Waals surface area contributed by atoms with Crippen molar-refractivity contribution in [2.75, 3.05) is 19.6 Å². The Balaban J connectivity index is 1.50. The summed E-state index contributed by atoms with van der Waals surface area (Å²) in [4.78, 5) is 2.54. The minimum Gasteiger partial charge on any atom is -0.302 e. The lowest BCUT2D eigenvalue weighted by Gasteiger charge is -2.34. The first-order valence-corrected chi connectivity index (χ1v) is 9.78. The number of nitrogens with zero attached hydrogens (tertiary/aromatic N) is 2. The molecule has 3 nitrogen and oxygen atoms in total. The van der Waals surface area contributed by atoms with Gasteiger partial charge in [-0.3, -0.25) is 5.10 Å². The van der Waals surface area contributed by atoms with E-state index in [1.807, 2.05) is 12.1 Å². The second-order valence-corrected chi connectivity index (χ2v) is 7.59. The summed E-state index contributed by atoms with van der Waals surface area (Å²) in [7, 11) is 0. The van der Waals surface area contributed by atoms with Gasteiger partial charge >= 0.3 is 0 Å². The SMILES string of the molecule is CC(CN1CCCC(c2[nH]ncc2-c2ccccc2F)C1)c1ccccc1. The topological polar surface area (TPSA) is 31.9 Å². The van der Waals surface area contributed by atoms with Gasteiger partial charge in [-0.05, 0) is 36.9 Å². The molecule has 1 aliphatic rings. The molecule has 3 aromatic rings. The second kappa shape index (κ2) is 8.05. The van der Waals surface area contributed by atoms with Crippen molar-refractivity contribution in [3.8, 4) is 11.1 Å². The van der Waals surface area contributed by atoms with Gasteiger partial charge in [0.2, 0.25) is 0 Å². The number of halogens is 1. The summed E-state index contributed by atoms with van der Waals surface area (Å²) >= 11 is 0. The lowest BCUT2D eigenvalue weighted by Crippen LogP contribution is -2.37. The quantitative estimate of drug-likeness (QED) is 0.676. The molecule has 27 heavy (non-hydrogen) atoms. The molecule has 0 spiro atoms. The van der Waals surface area contributed by atoms with Gasteiger partial charge in [-0.25, -0.2) is 4.39 Å². The number of aromatic amines is 1. The van der Waals surface area contributed by atoms with Crippen LogP contribution in [0.1, 0.15) is 42.9 Å². The summed E-state index contributed by atoms with van der Waals surface area (Å²) in [6.45, 7) is 5.45. The van der Waals surface area contributed by atoms with Crippen LogP contribution in [0.4, 0.5) is 4.39 Å². The Bertz CT molecular complexity index is 874. The van der Waals surface area contributed by atoms with Crippen molar-refractivity contribution in [3.05, 3.63) is 77.9 Å². The Morgan fingerprint density at radius 1 is 1.11 bits per heavy atom. The fraction of sp³-hybridized carbons (Fsp3) is 0.348. The minimum atomic E-state index is -0.189. The fourth-order valence-electron chi connectivity index (χ4n) is 4.23. The van der Waals surface area contributed by atoms with E-state index in [0.717, 1.165) is 43.7 Å². The lowest BCUT2D eigenvalue weighted by atomic mass is 9.89. The van der Waals surface area contributed by atoms with Crippen molar-refractivity contribution >= 4 is 0 Å². The predicted molar refractivity (Wildman–Crippen MR) is 107 cm³/mol. The monoisotopic (exact) mass is 363 g/mol. The van der Waals surface area contributed by atoms with Crippen molar-refractivity contribution < 1.29 is 4.39 Å². The number of likely N-dealkylation sites (tertiary alicyclic amines) is 1. The smallest absolute Gasteiger partial charge is 0.131 e. The molecule has 1 aliphatic heterocycles. The van der Waals surface area contributed by atoms with Crippen LogP contribution in [0.5, 0.6) is 0 Å². The van der Waals surface area contributed by atoms with E-state index in [9.17, 15) is 4.39 Å². The maximum absolute atomic E-state index is 14.3. The molecule has 0 amide bonds. The van der Waals surface area contributed by atoms with Crippen molar-refractivity contribution in [2.45, 2.75) is 31.6 Å². The van der Waals surface area contributed by atoms with Gasteiger partial charge in [0, 0.05) is 35.8 Å².